The Hall–Kier alpha value is -1.97. The summed E-state index contributed by atoms with van der Waals surface area (Å²) < 4.78 is 2.03. The summed E-state index contributed by atoms with van der Waals surface area (Å²) in [4.78, 5) is 4.41. The van der Waals surface area contributed by atoms with Gasteiger partial charge in [-0.1, -0.05) is 35.3 Å². The van der Waals surface area contributed by atoms with E-state index in [0.29, 0.717) is 16.6 Å². The number of nitrogens with two attached hydrogens (primary N) is 1. The highest BCUT2D eigenvalue weighted by atomic mass is 35.5. The molecule has 5 heteroatoms. The van der Waals surface area contributed by atoms with Crippen molar-refractivity contribution in [1.82, 2.24) is 9.55 Å². The van der Waals surface area contributed by atoms with E-state index in [1.54, 1.807) is 12.3 Å². The molecule has 0 aliphatic heterocycles. The normalized spacial score (nSPS) is 10.8. The van der Waals surface area contributed by atoms with Crippen molar-refractivity contribution in [2.75, 3.05) is 5.73 Å². The van der Waals surface area contributed by atoms with Crippen LogP contribution in [0.5, 0.6) is 0 Å². The second-order valence-corrected chi connectivity index (χ2v) is 5.50. The third kappa shape index (κ3) is 2.89. The highest BCUT2D eigenvalue weighted by Crippen LogP contribution is 2.27. The molecule has 0 atom stereocenters. The summed E-state index contributed by atoms with van der Waals surface area (Å²) >= 11 is 12.3. The van der Waals surface area contributed by atoms with Crippen LogP contribution in [0.1, 0.15) is 5.56 Å². The van der Waals surface area contributed by atoms with Gasteiger partial charge in [0.05, 0.1) is 16.6 Å². The van der Waals surface area contributed by atoms with Gasteiger partial charge in [-0.15, -0.1) is 0 Å². The molecule has 3 aromatic rings. The lowest BCUT2D eigenvalue weighted by molar-refractivity contribution is 0.807. The van der Waals surface area contributed by atoms with Gasteiger partial charge in [0.25, 0.3) is 0 Å². The zero-order chi connectivity index (χ0) is 14.8. The summed E-state index contributed by atoms with van der Waals surface area (Å²) in [6.07, 6.45) is 3.69. The van der Waals surface area contributed by atoms with E-state index >= 15 is 0 Å². The van der Waals surface area contributed by atoms with E-state index in [2.05, 4.69) is 4.98 Å². The SMILES string of the molecule is Nc1ccc(-c2nccn2Cc2cccc(Cl)c2Cl)cc1. The number of anilines is 1. The Morgan fingerprint density at radius 1 is 1.05 bits per heavy atom. The molecule has 2 aromatic carbocycles. The fraction of sp³-hybridized carbons (Fsp3) is 0.0625. The van der Waals surface area contributed by atoms with E-state index in [1.807, 2.05) is 47.2 Å². The third-order valence-corrected chi connectivity index (χ3v) is 4.11. The number of benzene rings is 2. The first kappa shape index (κ1) is 14.0. The molecule has 2 N–H and O–H groups in total. The second kappa shape index (κ2) is 5.80. The largest absolute Gasteiger partial charge is 0.399 e. The van der Waals surface area contributed by atoms with Crippen molar-refractivity contribution in [3.8, 4) is 11.4 Å². The Kier molecular flexibility index (Phi) is 3.86. The molecule has 3 nitrogen and oxygen atoms in total. The predicted octanol–water partition coefficient (Wildman–Crippen LogP) is 4.49. The number of halogens is 2. The first-order valence-corrected chi connectivity index (χ1v) is 7.20. The molecule has 0 saturated carbocycles. The summed E-state index contributed by atoms with van der Waals surface area (Å²) in [5.41, 5.74) is 8.41. The number of aromatic nitrogens is 2. The Balaban J connectivity index is 1.96. The quantitative estimate of drug-likeness (QED) is 0.723. The lowest BCUT2D eigenvalue weighted by Crippen LogP contribution is -2.02. The van der Waals surface area contributed by atoms with Gasteiger partial charge in [0, 0.05) is 23.6 Å². The summed E-state index contributed by atoms with van der Waals surface area (Å²) in [6, 6.07) is 13.3. The molecule has 0 aliphatic carbocycles. The van der Waals surface area contributed by atoms with Crippen molar-refractivity contribution in [2.45, 2.75) is 6.54 Å². The van der Waals surface area contributed by atoms with Crippen molar-refractivity contribution in [3.63, 3.8) is 0 Å². The van der Waals surface area contributed by atoms with Crippen LogP contribution in [0.4, 0.5) is 5.69 Å². The molecule has 0 aliphatic rings. The number of rotatable bonds is 3. The van der Waals surface area contributed by atoms with Crippen LogP contribution in [0, 0.1) is 0 Å². The van der Waals surface area contributed by atoms with Crippen molar-refractivity contribution in [3.05, 3.63) is 70.5 Å². The summed E-state index contributed by atoms with van der Waals surface area (Å²) in [6.45, 7) is 0.610. The van der Waals surface area contributed by atoms with E-state index in [-0.39, 0.29) is 0 Å². The van der Waals surface area contributed by atoms with E-state index < -0.39 is 0 Å². The summed E-state index contributed by atoms with van der Waals surface area (Å²) in [5, 5.41) is 1.14. The molecule has 106 valence electrons. The molecule has 1 aromatic heterocycles. The van der Waals surface area contributed by atoms with Crippen LogP contribution < -0.4 is 5.73 Å². The highest BCUT2D eigenvalue weighted by Gasteiger charge is 2.09. The lowest BCUT2D eigenvalue weighted by Gasteiger charge is -2.10. The molecule has 0 radical (unpaired) electrons. The number of hydrogen-bond acceptors (Lipinski definition) is 2. The predicted molar refractivity (Wildman–Crippen MR) is 87.6 cm³/mol. The van der Waals surface area contributed by atoms with Crippen LogP contribution >= 0.6 is 23.2 Å². The topological polar surface area (TPSA) is 43.8 Å². The number of nitrogen functional groups attached to an aromatic ring is 1. The zero-order valence-electron chi connectivity index (χ0n) is 11.1. The van der Waals surface area contributed by atoms with Crippen LogP contribution in [-0.2, 0) is 6.54 Å². The molecule has 0 fully saturated rings. The molecule has 0 spiro atoms. The van der Waals surface area contributed by atoms with Gasteiger partial charge in [-0.05, 0) is 35.9 Å². The number of imidazole rings is 1. The average Bonchev–Trinajstić information content (AvgIpc) is 2.93. The van der Waals surface area contributed by atoms with E-state index in [9.17, 15) is 0 Å². The fourth-order valence-electron chi connectivity index (χ4n) is 2.18. The van der Waals surface area contributed by atoms with E-state index in [4.69, 9.17) is 28.9 Å². The minimum absolute atomic E-state index is 0.559. The Bertz CT molecular complexity index is 763. The van der Waals surface area contributed by atoms with Gasteiger partial charge in [-0.25, -0.2) is 4.98 Å². The molecular weight excluding hydrogens is 305 g/mol. The Morgan fingerprint density at radius 2 is 1.81 bits per heavy atom. The maximum absolute atomic E-state index is 6.25. The van der Waals surface area contributed by atoms with Gasteiger partial charge < -0.3 is 10.3 Å². The van der Waals surface area contributed by atoms with Gasteiger partial charge in [0.15, 0.2) is 0 Å². The van der Waals surface area contributed by atoms with Crippen LogP contribution in [0.3, 0.4) is 0 Å². The lowest BCUT2D eigenvalue weighted by atomic mass is 10.2. The van der Waals surface area contributed by atoms with E-state index in [1.165, 1.54) is 0 Å². The third-order valence-electron chi connectivity index (χ3n) is 3.26. The molecule has 3 rings (SSSR count). The van der Waals surface area contributed by atoms with Gasteiger partial charge in [0.2, 0.25) is 0 Å². The van der Waals surface area contributed by atoms with E-state index in [0.717, 1.165) is 22.6 Å². The maximum Gasteiger partial charge on any atom is 0.140 e. The molecule has 0 unspecified atom stereocenters. The van der Waals surface area contributed by atoms with Crippen molar-refractivity contribution < 1.29 is 0 Å². The summed E-state index contributed by atoms with van der Waals surface area (Å²) in [5.74, 6) is 0.867. The van der Waals surface area contributed by atoms with Gasteiger partial charge >= 0.3 is 0 Å². The van der Waals surface area contributed by atoms with Crippen molar-refractivity contribution >= 4 is 28.9 Å². The smallest absolute Gasteiger partial charge is 0.140 e. The number of nitrogens with zero attached hydrogens (tertiary/aromatic N) is 2. The van der Waals surface area contributed by atoms with Crippen LogP contribution in [-0.4, -0.2) is 9.55 Å². The molecule has 1 heterocycles. The first-order chi connectivity index (χ1) is 10.1. The van der Waals surface area contributed by atoms with Crippen LogP contribution in [0.2, 0.25) is 10.0 Å². The maximum atomic E-state index is 6.25. The summed E-state index contributed by atoms with van der Waals surface area (Å²) in [7, 11) is 0. The van der Waals surface area contributed by atoms with Gasteiger partial charge in [0.1, 0.15) is 5.82 Å². The fourth-order valence-corrected chi connectivity index (χ4v) is 2.56. The second-order valence-electron chi connectivity index (χ2n) is 4.71. The zero-order valence-corrected chi connectivity index (χ0v) is 12.6. The van der Waals surface area contributed by atoms with Crippen LogP contribution in [0.25, 0.3) is 11.4 Å². The Labute approximate surface area is 132 Å². The minimum Gasteiger partial charge on any atom is -0.399 e. The van der Waals surface area contributed by atoms with Gasteiger partial charge in [-0.3, -0.25) is 0 Å². The van der Waals surface area contributed by atoms with Crippen LogP contribution in [0.15, 0.2) is 54.9 Å². The molecule has 0 amide bonds. The molecule has 0 bridgehead atoms. The minimum atomic E-state index is 0.559. The Morgan fingerprint density at radius 3 is 2.57 bits per heavy atom. The average molecular weight is 318 g/mol. The first-order valence-electron chi connectivity index (χ1n) is 6.45. The monoisotopic (exact) mass is 317 g/mol. The molecule has 21 heavy (non-hydrogen) atoms. The molecular formula is C16H13Cl2N3. The molecule has 0 saturated heterocycles. The standard InChI is InChI=1S/C16H13Cl2N3/c17-14-3-1-2-12(15(14)18)10-21-9-8-20-16(21)11-4-6-13(19)7-5-11/h1-9H,10,19H2. The highest BCUT2D eigenvalue weighted by molar-refractivity contribution is 6.42. The van der Waals surface area contributed by atoms with Gasteiger partial charge in [-0.2, -0.15) is 0 Å². The number of hydrogen-bond donors (Lipinski definition) is 1. The van der Waals surface area contributed by atoms with Crippen molar-refractivity contribution in [2.24, 2.45) is 0 Å². The van der Waals surface area contributed by atoms with Crippen molar-refractivity contribution in [1.29, 1.82) is 0 Å².